The zero-order valence-corrected chi connectivity index (χ0v) is 14.8. The first-order chi connectivity index (χ1) is 11.5. The second kappa shape index (κ2) is 6.93. The highest BCUT2D eigenvalue weighted by atomic mass is 32.1. The summed E-state index contributed by atoms with van der Waals surface area (Å²) < 4.78 is 2.12. The van der Waals surface area contributed by atoms with Gasteiger partial charge in [0, 0.05) is 5.56 Å². The fraction of sp³-hybridized carbons (Fsp3) is 0.211. The molecule has 4 nitrogen and oxygen atoms in total. The van der Waals surface area contributed by atoms with Crippen LogP contribution in [0.2, 0.25) is 0 Å². The number of hydrogen-bond acceptors (Lipinski definition) is 3. The number of aromatic nitrogens is 3. The Kier molecular flexibility index (Phi) is 4.71. The average molecular weight is 336 g/mol. The Balaban J connectivity index is 1.91. The molecule has 0 unspecified atom stereocenters. The van der Waals surface area contributed by atoms with E-state index in [9.17, 15) is 0 Å². The third kappa shape index (κ3) is 3.51. The smallest absolute Gasteiger partial charge is 0.216 e. The summed E-state index contributed by atoms with van der Waals surface area (Å²) in [5.41, 5.74) is 4.51. The van der Waals surface area contributed by atoms with Crippen molar-refractivity contribution in [2.24, 2.45) is 5.10 Å². The molecule has 2 aromatic carbocycles. The van der Waals surface area contributed by atoms with Crippen LogP contribution in [-0.2, 0) is 0 Å². The Morgan fingerprint density at radius 3 is 2.38 bits per heavy atom. The number of nitrogens with one attached hydrogen (secondary N) is 1. The maximum atomic E-state index is 5.30. The van der Waals surface area contributed by atoms with Gasteiger partial charge in [0.1, 0.15) is 0 Å². The first-order valence-corrected chi connectivity index (χ1v) is 8.34. The van der Waals surface area contributed by atoms with Crippen molar-refractivity contribution in [1.29, 1.82) is 0 Å². The van der Waals surface area contributed by atoms with Crippen LogP contribution in [-0.4, -0.2) is 21.1 Å². The van der Waals surface area contributed by atoms with Gasteiger partial charge in [-0.05, 0) is 36.2 Å². The Bertz CT molecular complexity index is 900. The van der Waals surface area contributed by atoms with E-state index in [1.54, 1.807) is 10.9 Å². The van der Waals surface area contributed by atoms with Crippen LogP contribution in [0.3, 0.4) is 0 Å². The minimum Gasteiger partial charge on any atom is -0.250 e. The van der Waals surface area contributed by atoms with E-state index in [0.29, 0.717) is 16.5 Å². The van der Waals surface area contributed by atoms with Crippen LogP contribution >= 0.6 is 12.2 Å². The molecule has 0 aliphatic rings. The van der Waals surface area contributed by atoms with Crippen LogP contribution in [0, 0.1) is 11.7 Å². The quantitative estimate of drug-likeness (QED) is 0.543. The van der Waals surface area contributed by atoms with Crippen LogP contribution in [0.25, 0.3) is 11.4 Å². The molecule has 3 aromatic rings. The zero-order valence-electron chi connectivity index (χ0n) is 14.0. The molecule has 3 rings (SSSR count). The summed E-state index contributed by atoms with van der Waals surface area (Å²) >= 11 is 5.30. The number of benzene rings is 2. The lowest BCUT2D eigenvalue weighted by Gasteiger charge is -2.05. The van der Waals surface area contributed by atoms with Gasteiger partial charge in [-0.1, -0.05) is 67.9 Å². The van der Waals surface area contributed by atoms with Gasteiger partial charge in [0.05, 0.1) is 6.21 Å². The van der Waals surface area contributed by atoms with Crippen LogP contribution in [0.4, 0.5) is 0 Å². The Morgan fingerprint density at radius 1 is 1.08 bits per heavy atom. The molecule has 1 aromatic heterocycles. The molecule has 0 spiro atoms. The van der Waals surface area contributed by atoms with E-state index in [1.165, 1.54) is 11.1 Å². The van der Waals surface area contributed by atoms with Crippen LogP contribution in [0.15, 0.2) is 53.6 Å². The molecule has 0 fully saturated rings. The molecule has 1 N–H and O–H groups in total. The largest absolute Gasteiger partial charge is 0.250 e. The number of aryl methyl sites for hydroxylation is 1. The van der Waals surface area contributed by atoms with Gasteiger partial charge >= 0.3 is 0 Å². The van der Waals surface area contributed by atoms with Crippen LogP contribution in [0.5, 0.6) is 0 Å². The van der Waals surface area contributed by atoms with Gasteiger partial charge in [0.2, 0.25) is 4.77 Å². The molecule has 0 radical (unpaired) electrons. The lowest BCUT2D eigenvalue weighted by atomic mass is 10.0. The van der Waals surface area contributed by atoms with Gasteiger partial charge in [0.25, 0.3) is 0 Å². The second-order valence-electron chi connectivity index (χ2n) is 6.10. The van der Waals surface area contributed by atoms with E-state index in [4.69, 9.17) is 12.2 Å². The van der Waals surface area contributed by atoms with Gasteiger partial charge in [-0.25, -0.2) is 5.10 Å². The van der Waals surface area contributed by atoms with Gasteiger partial charge in [0.15, 0.2) is 5.82 Å². The van der Waals surface area contributed by atoms with E-state index in [1.807, 2.05) is 24.3 Å². The van der Waals surface area contributed by atoms with Gasteiger partial charge in [-0.2, -0.15) is 14.9 Å². The van der Waals surface area contributed by atoms with E-state index >= 15 is 0 Å². The first kappa shape index (κ1) is 16.3. The number of rotatable bonds is 4. The highest BCUT2D eigenvalue weighted by molar-refractivity contribution is 7.71. The first-order valence-electron chi connectivity index (χ1n) is 7.93. The predicted octanol–water partition coefficient (Wildman–Crippen LogP) is 4.92. The van der Waals surface area contributed by atoms with Gasteiger partial charge in [-0.3, -0.25) is 0 Å². The number of aromatic amines is 1. The lowest BCUT2D eigenvalue weighted by molar-refractivity contribution is 0.865. The maximum absolute atomic E-state index is 5.30. The molecule has 24 heavy (non-hydrogen) atoms. The lowest BCUT2D eigenvalue weighted by Crippen LogP contribution is -1.95. The highest BCUT2D eigenvalue weighted by Gasteiger charge is 2.07. The van der Waals surface area contributed by atoms with Crippen molar-refractivity contribution >= 4 is 18.4 Å². The van der Waals surface area contributed by atoms with Crippen LogP contribution < -0.4 is 0 Å². The van der Waals surface area contributed by atoms with E-state index in [0.717, 1.165) is 11.1 Å². The van der Waals surface area contributed by atoms with Crippen molar-refractivity contribution in [1.82, 2.24) is 14.9 Å². The molecular weight excluding hydrogens is 316 g/mol. The maximum Gasteiger partial charge on any atom is 0.216 e. The molecular formula is C19H20N4S. The standard InChI is InChI=1S/C19H20N4S/c1-13(2)16-10-6-15(7-11-16)12-20-23-18(21-22-19(23)24)17-8-4-14(3)5-9-17/h4-13H,1-3H3,(H,22,24)/b20-12-. The van der Waals surface area contributed by atoms with Crippen molar-refractivity contribution in [2.45, 2.75) is 26.7 Å². The summed E-state index contributed by atoms with van der Waals surface area (Å²) in [6.45, 7) is 6.42. The van der Waals surface area contributed by atoms with Crippen molar-refractivity contribution < 1.29 is 0 Å². The van der Waals surface area contributed by atoms with Crippen molar-refractivity contribution in [3.05, 3.63) is 70.0 Å². The summed E-state index contributed by atoms with van der Waals surface area (Å²) in [6.07, 6.45) is 1.80. The number of nitrogens with zero attached hydrogens (tertiary/aromatic N) is 3. The predicted molar refractivity (Wildman–Crippen MR) is 101 cm³/mol. The van der Waals surface area contributed by atoms with Gasteiger partial charge in [-0.15, -0.1) is 0 Å². The van der Waals surface area contributed by atoms with Gasteiger partial charge < -0.3 is 0 Å². The Hall–Kier alpha value is -2.53. The molecule has 0 saturated heterocycles. The number of H-pyrrole nitrogens is 1. The third-order valence-corrected chi connectivity index (χ3v) is 4.15. The molecule has 0 aliphatic heterocycles. The molecule has 0 saturated carbocycles. The Labute approximate surface area is 146 Å². The fourth-order valence-corrected chi connectivity index (χ4v) is 2.56. The number of hydrogen-bond donors (Lipinski definition) is 1. The SMILES string of the molecule is Cc1ccc(-c2n[nH]c(=S)n2/N=C\c2ccc(C(C)C)cc2)cc1. The second-order valence-corrected chi connectivity index (χ2v) is 6.48. The molecule has 5 heteroatoms. The minimum absolute atomic E-state index is 0.473. The van der Waals surface area contributed by atoms with Crippen molar-refractivity contribution in [3.8, 4) is 11.4 Å². The monoisotopic (exact) mass is 336 g/mol. The van der Waals surface area contributed by atoms with E-state index in [2.05, 4.69) is 60.3 Å². The fourth-order valence-electron chi connectivity index (χ4n) is 2.38. The summed E-state index contributed by atoms with van der Waals surface area (Å²) in [6, 6.07) is 16.5. The average Bonchev–Trinajstić information content (AvgIpc) is 2.95. The molecule has 1 heterocycles. The molecule has 0 amide bonds. The normalized spacial score (nSPS) is 11.5. The zero-order chi connectivity index (χ0) is 17.1. The molecule has 0 atom stereocenters. The van der Waals surface area contributed by atoms with Crippen molar-refractivity contribution in [2.75, 3.05) is 0 Å². The molecule has 0 aliphatic carbocycles. The van der Waals surface area contributed by atoms with E-state index in [-0.39, 0.29) is 0 Å². The van der Waals surface area contributed by atoms with Crippen LogP contribution in [0.1, 0.15) is 36.5 Å². The Morgan fingerprint density at radius 2 is 1.75 bits per heavy atom. The molecule has 0 bridgehead atoms. The minimum atomic E-state index is 0.473. The third-order valence-electron chi connectivity index (χ3n) is 3.89. The summed E-state index contributed by atoms with van der Waals surface area (Å²) in [4.78, 5) is 0. The summed E-state index contributed by atoms with van der Waals surface area (Å²) in [5, 5.41) is 11.6. The van der Waals surface area contributed by atoms with E-state index < -0.39 is 0 Å². The van der Waals surface area contributed by atoms with Crippen molar-refractivity contribution in [3.63, 3.8) is 0 Å². The topological polar surface area (TPSA) is 46.0 Å². The summed E-state index contributed by atoms with van der Waals surface area (Å²) in [5.74, 6) is 1.22. The molecule has 122 valence electrons. The highest BCUT2D eigenvalue weighted by Crippen LogP contribution is 2.18. The summed E-state index contributed by atoms with van der Waals surface area (Å²) in [7, 11) is 0.